The van der Waals surface area contributed by atoms with Crippen molar-refractivity contribution in [1.29, 1.82) is 0 Å². The molecule has 0 spiro atoms. The van der Waals surface area contributed by atoms with Gasteiger partial charge in [-0.05, 0) is 18.6 Å². The molecule has 1 fully saturated rings. The number of hydroxylamine groups is 2. The van der Waals surface area contributed by atoms with Gasteiger partial charge < -0.3 is 10.2 Å². The third kappa shape index (κ3) is 6.44. The average molecular weight is 364 g/mol. The van der Waals surface area contributed by atoms with E-state index in [-0.39, 0.29) is 24.8 Å². The summed E-state index contributed by atoms with van der Waals surface area (Å²) in [5.41, 5.74) is 0. The Bertz CT molecular complexity index is 580. The molecule has 2 N–H and O–H groups in total. The van der Waals surface area contributed by atoms with Crippen molar-refractivity contribution in [1.82, 2.24) is 14.9 Å². The molecule has 8 nitrogen and oxygen atoms in total. The van der Waals surface area contributed by atoms with Crippen LogP contribution in [0.15, 0.2) is 24.4 Å². The summed E-state index contributed by atoms with van der Waals surface area (Å²) in [5.74, 6) is -0.710. The number of likely N-dealkylation sites (tertiary alicyclic amines) is 1. The molecular weight excluding hydrogens is 336 g/mol. The lowest BCUT2D eigenvalue weighted by atomic mass is 9.98. The lowest BCUT2D eigenvalue weighted by Crippen LogP contribution is -2.58. The largest absolute Gasteiger partial charge is 0.330 e. The van der Waals surface area contributed by atoms with Gasteiger partial charge >= 0.3 is 0 Å². The fourth-order valence-corrected chi connectivity index (χ4v) is 2.25. The first-order valence-corrected chi connectivity index (χ1v) is 8.87. The Morgan fingerprint density at radius 3 is 2.58 bits per heavy atom. The van der Waals surface area contributed by atoms with Crippen molar-refractivity contribution in [3.05, 3.63) is 24.4 Å². The number of anilines is 1. The van der Waals surface area contributed by atoms with E-state index in [0.717, 1.165) is 0 Å². The van der Waals surface area contributed by atoms with E-state index in [9.17, 15) is 14.4 Å². The molecule has 3 amide bonds. The summed E-state index contributed by atoms with van der Waals surface area (Å²) in [6.07, 6.45) is 5.02. The zero-order valence-corrected chi connectivity index (χ0v) is 15.6. The highest BCUT2D eigenvalue weighted by atomic mass is 16.5. The molecule has 0 saturated carbocycles. The van der Waals surface area contributed by atoms with E-state index in [0.29, 0.717) is 23.8 Å². The monoisotopic (exact) mass is 364 g/mol. The predicted molar refractivity (Wildman–Crippen MR) is 97.3 cm³/mol. The molecule has 1 saturated heterocycles. The standard InChI is InChI=1S/C14H18N4O4.C4H10/c1-10(8-17(22)9-19)14(21)18-7-5-11(18)13(20)16-12-4-2-3-6-15-12;1-3-4-2/h2-4,6,9-11,22H,5,7-8H2,1H3,(H,15,16,20);3-4H2,1-2H3/t10-,11+;/m1./s1. The van der Waals surface area contributed by atoms with Gasteiger partial charge in [0, 0.05) is 12.7 Å². The van der Waals surface area contributed by atoms with Crippen LogP contribution in [0.4, 0.5) is 5.82 Å². The van der Waals surface area contributed by atoms with Crippen molar-refractivity contribution in [3.63, 3.8) is 0 Å². The number of nitrogens with one attached hydrogen (secondary N) is 1. The van der Waals surface area contributed by atoms with Crippen LogP contribution >= 0.6 is 0 Å². The highest BCUT2D eigenvalue weighted by molar-refractivity contribution is 5.97. The smallest absolute Gasteiger partial charge is 0.248 e. The van der Waals surface area contributed by atoms with Crippen molar-refractivity contribution in [2.75, 3.05) is 18.4 Å². The number of aromatic nitrogens is 1. The molecule has 144 valence electrons. The number of carbonyl (C=O) groups excluding carboxylic acids is 3. The molecule has 1 aromatic heterocycles. The second-order valence-electron chi connectivity index (χ2n) is 6.17. The highest BCUT2D eigenvalue weighted by Gasteiger charge is 2.39. The first-order chi connectivity index (χ1) is 12.4. The molecule has 1 aliphatic rings. The molecule has 1 aliphatic heterocycles. The van der Waals surface area contributed by atoms with Crippen LogP contribution in [-0.2, 0) is 14.4 Å². The molecule has 2 rings (SSSR count). The van der Waals surface area contributed by atoms with Gasteiger partial charge in [0.1, 0.15) is 11.9 Å². The minimum absolute atomic E-state index is 0.104. The molecule has 2 atom stereocenters. The van der Waals surface area contributed by atoms with Crippen molar-refractivity contribution >= 4 is 24.0 Å². The van der Waals surface area contributed by atoms with Gasteiger partial charge in [0.15, 0.2) is 0 Å². The molecule has 2 heterocycles. The van der Waals surface area contributed by atoms with Gasteiger partial charge in [-0.3, -0.25) is 19.6 Å². The first kappa shape index (κ1) is 21.6. The molecule has 0 aromatic carbocycles. The van der Waals surface area contributed by atoms with Crippen molar-refractivity contribution in [2.45, 2.75) is 46.1 Å². The van der Waals surface area contributed by atoms with Crippen molar-refractivity contribution < 1.29 is 19.6 Å². The van der Waals surface area contributed by atoms with Gasteiger partial charge in [-0.25, -0.2) is 10.0 Å². The summed E-state index contributed by atoms with van der Waals surface area (Å²) < 4.78 is 0. The quantitative estimate of drug-likeness (QED) is 0.437. The Balaban J connectivity index is 0.000000765. The zero-order chi connectivity index (χ0) is 19.5. The van der Waals surface area contributed by atoms with E-state index in [2.05, 4.69) is 24.1 Å². The molecule has 1 aromatic rings. The van der Waals surface area contributed by atoms with E-state index in [1.165, 1.54) is 17.7 Å². The molecular formula is C18H28N4O4. The zero-order valence-electron chi connectivity index (χ0n) is 15.6. The van der Waals surface area contributed by atoms with Gasteiger partial charge in [0.05, 0.1) is 12.5 Å². The average Bonchev–Trinajstić information content (AvgIpc) is 2.61. The maximum absolute atomic E-state index is 12.2. The van der Waals surface area contributed by atoms with Crippen LogP contribution in [0.3, 0.4) is 0 Å². The van der Waals surface area contributed by atoms with Crippen LogP contribution in [0, 0.1) is 5.92 Å². The topological polar surface area (TPSA) is 103 Å². The van der Waals surface area contributed by atoms with Crippen LogP contribution in [0.25, 0.3) is 0 Å². The van der Waals surface area contributed by atoms with Gasteiger partial charge in [-0.2, -0.15) is 0 Å². The fourth-order valence-electron chi connectivity index (χ4n) is 2.25. The number of nitrogens with zero attached hydrogens (tertiary/aromatic N) is 3. The summed E-state index contributed by atoms with van der Waals surface area (Å²) >= 11 is 0. The summed E-state index contributed by atoms with van der Waals surface area (Å²) in [4.78, 5) is 40.2. The Kier molecular flexibility index (Phi) is 9.29. The van der Waals surface area contributed by atoms with Crippen LogP contribution in [0.2, 0.25) is 0 Å². The van der Waals surface area contributed by atoms with Crippen molar-refractivity contribution in [3.8, 4) is 0 Å². The van der Waals surface area contributed by atoms with E-state index < -0.39 is 12.0 Å². The van der Waals surface area contributed by atoms with Gasteiger partial charge in [0.2, 0.25) is 18.2 Å². The molecule has 0 unspecified atom stereocenters. The van der Waals surface area contributed by atoms with Gasteiger partial charge in [-0.1, -0.05) is 39.7 Å². The first-order valence-electron chi connectivity index (χ1n) is 8.87. The number of unbranched alkanes of at least 4 members (excludes halogenated alkanes) is 1. The molecule has 26 heavy (non-hydrogen) atoms. The Morgan fingerprint density at radius 1 is 1.42 bits per heavy atom. The lowest BCUT2D eigenvalue weighted by Gasteiger charge is -2.41. The maximum Gasteiger partial charge on any atom is 0.248 e. The van der Waals surface area contributed by atoms with Crippen LogP contribution < -0.4 is 5.32 Å². The third-order valence-electron chi connectivity index (χ3n) is 4.03. The predicted octanol–water partition coefficient (Wildman–Crippen LogP) is 1.91. The Morgan fingerprint density at radius 2 is 2.12 bits per heavy atom. The second-order valence-corrected chi connectivity index (χ2v) is 6.17. The number of amides is 3. The van der Waals surface area contributed by atoms with Crippen LogP contribution in [0.1, 0.15) is 40.0 Å². The summed E-state index contributed by atoms with van der Waals surface area (Å²) in [5, 5.41) is 12.2. The summed E-state index contributed by atoms with van der Waals surface area (Å²) in [6.45, 7) is 6.34. The van der Waals surface area contributed by atoms with Crippen LogP contribution in [0.5, 0.6) is 0 Å². The number of pyridine rings is 1. The van der Waals surface area contributed by atoms with E-state index in [1.807, 2.05) is 0 Å². The normalized spacial score (nSPS) is 16.5. The molecule has 0 aliphatic carbocycles. The minimum atomic E-state index is -0.583. The van der Waals surface area contributed by atoms with Gasteiger partial charge in [-0.15, -0.1) is 0 Å². The number of hydrogen-bond donors (Lipinski definition) is 2. The summed E-state index contributed by atoms with van der Waals surface area (Å²) in [7, 11) is 0. The minimum Gasteiger partial charge on any atom is -0.330 e. The highest BCUT2D eigenvalue weighted by Crippen LogP contribution is 2.21. The molecule has 0 radical (unpaired) electrons. The number of hydrogen-bond acceptors (Lipinski definition) is 5. The second kappa shape index (κ2) is 11.2. The van der Waals surface area contributed by atoms with Gasteiger partial charge in [0.25, 0.3) is 0 Å². The SMILES string of the molecule is CCCC.C[C@H](CN(O)C=O)C(=O)N1CC[C@H]1C(=O)Nc1ccccn1. The Labute approximate surface area is 154 Å². The number of carbonyl (C=O) groups is 3. The van der Waals surface area contributed by atoms with Crippen molar-refractivity contribution in [2.24, 2.45) is 5.92 Å². The lowest BCUT2D eigenvalue weighted by molar-refractivity contribution is -0.160. The fraction of sp³-hybridized carbons (Fsp3) is 0.556. The number of rotatable bonds is 7. The summed E-state index contributed by atoms with van der Waals surface area (Å²) in [6, 6.07) is 4.62. The van der Waals surface area contributed by atoms with E-state index in [1.54, 1.807) is 31.3 Å². The van der Waals surface area contributed by atoms with E-state index in [4.69, 9.17) is 5.21 Å². The van der Waals surface area contributed by atoms with Crippen LogP contribution in [-0.4, -0.2) is 57.5 Å². The third-order valence-corrected chi connectivity index (χ3v) is 4.03. The Hall–Kier alpha value is -2.48. The van der Waals surface area contributed by atoms with E-state index >= 15 is 0 Å². The molecule has 0 bridgehead atoms. The molecule has 8 heteroatoms. The maximum atomic E-state index is 12.2.